The number of aryl methyl sites for hydroxylation is 1. The summed E-state index contributed by atoms with van der Waals surface area (Å²) in [5.41, 5.74) is 4.48. The molecule has 2 nitrogen and oxygen atoms in total. The molecule has 0 radical (unpaired) electrons. The van der Waals surface area contributed by atoms with Crippen LogP contribution in [0.4, 0.5) is 0 Å². The van der Waals surface area contributed by atoms with E-state index < -0.39 is 0 Å². The largest absolute Gasteiger partial charge is 0.508 e. The topological polar surface area (TPSA) is 32.6 Å². The van der Waals surface area contributed by atoms with Crippen LogP contribution in [0.15, 0.2) is 36.3 Å². The maximum atomic E-state index is 9.38. The molecule has 0 aliphatic heterocycles. The van der Waals surface area contributed by atoms with E-state index in [4.69, 9.17) is 0 Å². The van der Waals surface area contributed by atoms with Crippen molar-refractivity contribution in [3.05, 3.63) is 48.0 Å². The Labute approximate surface area is 118 Å². The van der Waals surface area contributed by atoms with Crippen molar-refractivity contribution >= 4 is 26.4 Å². The zero-order valence-electron chi connectivity index (χ0n) is 12.1. The lowest BCUT2D eigenvalue weighted by atomic mass is 10.0. The van der Waals surface area contributed by atoms with E-state index in [1.165, 1.54) is 0 Å². The van der Waals surface area contributed by atoms with Gasteiger partial charge in [-0.2, -0.15) is 0 Å². The Morgan fingerprint density at radius 2 is 1.89 bits per heavy atom. The Morgan fingerprint density at radius 1 is 1.32 bits per heavy atom. The minimum absolute atomic E-state index is 0.0455. The van der Waals surface area contributed by atoms with Crippen LogP contribution >= 0.6 is 9.24 Å². The van der Waals surface area contributed by atoms with Crippen LogP contribution in [0.3, 0.4) is 0 Å². The fourth-order valence-corrected chi connectivity index (χ4v) is 1.64. The molecule has 0 aliphatic carbocycles. The van der Waals surface area contributed by atoms with E-state index >= 15 is 0 Å². The van der Waals surface area contributed by atoms with Gasteiger partial charge in [0.05, 0.1) is 5.70 Å². The molecule has 0 heterocycles. The minimum atomic E-state index is -0.0455. The van der Waals surface area contributed by atoms with Crippen molar-refractivity contribution in [1.82, 2.24) is 0 Å². The summed E-state index contributed by atoms with van der Waals surface area (Å²) in [4.78, 5) is 4.57. The molecule has 1 rings (SSSR count). The second-order valence-corrected chi connectivity index (χ2v) is 6.79. The molecule has 1 aromatic carbocycles. The summed E-state index contributed by atoms with van der Waals surface area (Å²) in [6, 6.07) is 5.63. The number of aliphatic hydroxyl groups is 1. The van der Waals surface area contributed by atoms with Crippen LogP contribution in [0.1, 0.15) is 37.5 Å². The highest BCUT2D eigenvalue weighted by Crippen LogP contribution is 2.25. The van der Waals surface area contributed by atoms with E-state index in [2.05, 4.69) is 41.2 Å². The number of hydrogen-bond donors (Lipinski definition) is 1. The number of hydrogen-bond acceptors (Lipinski definition) is 2. The van der Waals surface area contributed by atoms with E-state index in [1.54, 1.807) is 0 Å². The maximum absolute atomic E-state index is 9.38. The summed E-state index contributed by atoms with van der Waals surface area (Å²) >= 11 is 0. The average Bonchev–Trinajstić information content (AvgIpc) is 2.26. The smallest absolute Gasteiger partial charge is 0.115 e. The molecule has 0 aliphatic rings. The average molecular weight is 275 g/mol. The lowest BCUT2D eigenvalue weighted by Crippen LogP contribution is -2.20. The molecule has 1 aromatic rings. The normalized spacial score (nSPS) is 12.4. The van der Waals surface area contributed by atoms with Crippen molar-refractivity contribution < 1.29 is 5.11 Å². The van der Waals surface area contributed by atoms with Gasteiger partial charge in [-0.15, -0.1) is 9.24 Å². The Hall–Kier alpha value is -1.40. The Morgan fingerprint density at radius 3 is 2.32 bits per heavy atom. The van der Waals surface area contributed by atoms with Gasteiger partial charge in [0.15, 0.2) is 0 Å². The van der Waals surface area contributed by atoms with Crippen LogP contribution in [0.25, 0.3) is 11.5 Å². The zero-order valence-corrected chi connectivity index (χ0v) is 13.3. The Bertz CT molecular complexity index is 550. The molecule has 0 spiro atoms. The van der Waals surface area contributed by atoms with Gasteiger partial charge in [-0.25, -0.2) is 0 Å². The van der Waals surface area contributed by atoms with Gasteiger partial charge in [-0.1, -0.05) is 39.1 Å². The van der Waals surface area contributed by atoms with Gasteiger partial charge in [0.1, 0.15) is 5.76 Å². The highest BCUT2D eigenvalue weighted by molar-refractivity contribution is 7.21. The van der Waals surface area contributed by atoms with Crippen molar-refractivity contribution in [3.8, 4) is 0 Å². The molecule has 1 unspecified atom stereocenters. The van der Waals surface area contributed by atoms with Crippen LogP contribution in [0.5, 0.6) is 0 Å². The van der Waals surface area contributed by atoms with Gasteiger partial charge in [-0.3, -0.25) is 4.99 Å². The number of aliphatic hydroxyl groups excluding tert-OH is 1. The molecule has 3 heteroatoms. The first kappa shape index (κ1) is 15.7. The number of aliphatic imine (C=N–C) groups is 1. The molecule has 0 bridgehead atoms. The number of nitrogens with zero attached hydrogens (tertiary/aromatic N) is 1. The fraction of sp³-hybridized carbons (Fsp3) is 0.312. The fourth-order valence-electron chi connectivity index (χ4n) is 1.57. The first-order chi connectivity index (χ1) is 8.62. The van der Waals surface area contributed by atoms with Gasteiger partial charge in [0.2, 0.25) is 0 Å². The summed E-state index contributed by atoms with van der Waals surface area (Å²) in [6.07, 6.45) is 0. The molecule has 102 valence electrons. The van der Waals surface area contributed by atoms with Crippen LogP contribution in [-0.4, -0.2) is 16.0 Å². The monoisotopic (exact) mass is 275 g/mol. The van der Waals surface area contributed by atoms with E-state index in [0.717, 1.165) is 28.1 Å². The van der Waals surface area contributed by atoms with Crippen molar-refractivity contribution in [1.29, 1.82) is 0 Å². The molecular formula is C16H22NOP. The van der Waals surface area contributed by atoms with E-state index in [9.17, 15) is 5.11 Å². The molecule has 1 N–H and O–H groups in total. The zero-order chi connectivity index (χ0) is 14.8. The van der Waals surface area contributed by atoms with Crippen molar-refractivity contribution in [2.24, 2.45) is 4.99 Å². The molecule has 0 saturated heterocycles. The predicted octanol–water partition coefficient (Wildman–Crippen LogP) is 4.61. The molecule has 0 fully saturated rings. The van der Waals surface area contributed by atoms with Crippen LogP contribution < -0.4 is 0 Å². The van der Waals surface area contributed by atoms with Crippen LogP contribution in [0.2, 0.25) is 0 Å². The quantitative estimate of drug-likeness (QED) is 0.486. The summed E-state index contributed by atoms with van der Waals surface area (Å²) in [5.74, 6) is 0.0750. The Kier molecular flexibility index (Phi) is 4.70. The standard InChI is InChI=1S/C16H22NOP/c1-10-9-14(12(3)18)7-8-15(10)11(2)17-13(4)16(5,6)19/h7-9,18H,2-3,19H2,1,4-6H3. The van der Waals surface area contributed by atoms with Crippen molar-refractivity contribution in [3.63, 3.8) is 0 Å². The van der Waals surface area contributed by atoms with Gasteiger partial charge in [0, 0.05) is 22.0 Å². The third-order valence-electron chi connectivity index (χ3n) is 3.11. The van der Waals surface area contributed by atoms with Crippen LogP contribution in [0, 0.1) is 6.92 Å². The molecule has 0 amide bonds. The van der Waals surface area contributed by atoms with Crippen molar-refractivity contribution in [2.75, 3.05) is 0 Å². The molecule has 1 atom stereocenters. The summed E-state index contributed by atoms with van der Waals surface area (Å²) in [5, 5.41) is 9.34. The number of benzene rings is 1. The SMILES string of the molecule is C=C(O)c1ccc(C(=C)N=C(C)C(C)(C)P)c(C)c1. The maximum Gasteiger partial charge on any atom is 0.115 e. The lowest BCUT2D eigenvalue weighted by Gasteiger charge is -2.18. The first-order valence-electron chi connectivity index (χ1n) is 6.15. The molecule has 19 heavy (non-hydrogen) atoms. The van der Waals surface area contributed by atoms with E-state index in [-0.39, 0.29) is 10.9 Å². The highest BCUT2D eigenvalue weighted by Gasteiger charge is 2.15. The lowest BCUT2D eigenvalue weighted by molar-refractivity contribution is 0.514. The van der Waals surface area contributed by atoms with Gasteiger partial charge >= 0.3 is 0 Å². The molecular weight excluding hydrogens is 253 g/mol. The predicted molar refractivity (Wildman–Crippen MR) is 88.8 cm³/mol. The molecule has 0 saturated carbocycles. The minimum Gasteiger partial charge on any atom is -0.508 e. The van der Waals surface area contributed by atoms with Gasteiger partial charge in [-0.05, 0) is 25.5 Å². The molecule has 0 aromatic heterocycles. The van der Waals surface area contributed by atoms with E-state index in [0.29, 0.717) is 0 Å². The van der Waals surface area contributed by atoms with E-state index in [1.807, 2.05) is 32.0 Å². The third-order valence-corrected chi connectivity index (χ3v) is 3.52. The summed E-state index contributed by atoms with van der Waals surface area (Å²) in [7, 11) is 2.77. The summed E-state index contributed by atoms with van der Waals surface area (Å²) in [6.45, 7) is 15.7. The van der Waals surface area contributed by atoms with Crippen LogP contribution in [-0.2, 0) is 0 Å². The summed E-state index contributed by atoms with van der Waals surface area (Å²) < 4.78 is 0. The first-order valence-corrected chi connectivity index (χ1v) is 6.73. The van der Waals surface area contributed by atoms with Gasteiger partial charge < -0.3 is 5.11 Å². The third kappa shape index (κ3) is 4.04. The number of rotatable bonds is 4. The Balaban J connectivity index is 3.12. The highest BCUT2D eigenvalue weighted by atomic mass is 31.0. The van der Waals surface area contributed by atoms with Gasteiger partial charge in [0.25, 0.3) is 0 Å². The second kappa shape index (κ2) is 5.71. The van der Waals surface area contributed by atoms with Crippen molar-refractivity contribution in [2.45, 2.75) is 32.9 Å². The second-order valence-electron chi connectivity index (χ2n) is 5.34.